The minimum atomic E-state index is 0.591. The lowest BCUT2D eigenvalue weighted by atomic mass is 10.1. The second-order valence-corrected chi connectivity index (χ2v) is 3.23. The summed E-state index contributed by atoms with van der Waals surface area (Å²) in [6.07, 6.45) is 7.34. The van der Waals surface area contributed by atoms with E-state index in [1.54, 1.807) is 13.2 Å². The van der Waals surface area contributed by atoms with Gasteiger partial charge in [-0.15, -0.1) is 0 Å². The van der Waals surface area contributed by atoms with E-state index in [0.29, 0.717) is 5.76 Å². The Bertz CT molecular complexity index is 340. The number of allylic oxidation sites excluding steroid dienone is 7. The van der Waals surface area contributed by atoms with Crippen molar-refractivity contribution in [2.45, 2.75) is 6.92 Å². The van der Waals surface area contributed by atoms with Gasteiger partial charge < -0.3 is 4.74 Å². The molecule has 0 aliphatic rings. The Labute approximate surface area is 92.5 Å². The molecule has 1 heteroatoms. The van der Waals surface area contributed by atoms with E-state index in [1.165, 1.54) is 0 Å². The molecule has 0 radical (unpaired) electrons. The molecule has 0 rings (SSSR count). The smallest absolute Gasteiger partial charge is 0.111 e. The monoisotopic (exact) mass is 202 g/mol. The summed E-state index contributed by atoms with van der Waals surface area (Å²) in [5.41, 5.74) is 2.65. The minimum Gasteiger partial charge on any atom is -0.497 e. The predicted octanol–water partition coefficient (Wildman–Crippen LogP) is 3.95. The number of hydrogen-bond acceptors (Lipinski definition) is 1. The second kappa shape index (κ2) is 6.66. The SMILES string of the molecule is C=C(C)/C=C\C(=C)C(=C)/C=C\C(=C)OC. The van der Waals surface area contributed by atoms with Gasteiger partial charge in [0.25, 0.3) is 0 Å². The number of hydrogen-bond donors (Lipinski definition) is 0. The third-order valence-corrected chi connectivity index (χ3v) is 1.71. The molecule has 0 aromatic rings. The van der Waals surface area contributed by atoms with Crippen molar-refractivity contribution in [3.05, 3.63) is 73.1 Å². The highest BCUT2D eigenvalue weighted by molar-refractivity contribution is 5.44. The van der Waals surface area contributed by atoms with E-state index in [4.69, 9.17) is 4.74 Å². The quantitative estimate of drug-likeness (QED) is 0.468. The van der Waals surface area contributed by atoms with Gasteiger partial charge in [-0.1, -0.05) is 50.1 Å². The molecular weight excluding hydrogens is 184 g/mol. The van der Waals surface area contributed by atoms with Gasteiger partial charge >= 0.3 is 0 Å². The molecular formula is C14H18O. The standard InChI is InChI=1S/C14H18O/c1-11(2)7-8-12(3)13(4)9-10-14(5)15-6/h7-10H,1,3-5H2,2,6H3/b8-7-,10-9-. The second-order valence-electron chi connectivity index (χ2n) is 3.23. The third-order valence-electron chi connectivity index (χ3n) is 1.71. The molecule has 0 spiro atoms. The lowest BCUT2D eigenvalue weighted by Gasteiger charge is -2.00. The summed E-state index contributed by atoms with van der Waals surface area (Å²) in [6, 6.07) is 0. The minimum absolute atomic E-state index is 0.591. The molecule has 0 unspecified atom stereocenters. The maximum Gasteiger partial charge on any atom is 0.111 e. The zero-order valence-electron chi connectivity index (χ0n) is 9.55. The molecule has 0 aromatic heterocycles. The van der Waals surface area contributed by atoms with Crippen LogP contribution >= 0.6 is 0 Å². The van der Waals surface area contributed by atoms with Crippen molar-refractivity contribution in [3.8, 4) is 0 Å². The maximum absolute atomic E-state index is 4.89. The lowest BCUT2D eigenvalue weighted by molar-refractivity contribution is 0.309. The Morgan fingerprint density at radius 1 is 0.867 bits per heavy atom. The molecule has 0 aliphatic carbocycles. The van der Waals surface area contributed by atoms with Crippen LogP contribution in [0.4, 0.5) is 0 Å². The van der Waals surface area contributed by atoms with Gasteiger partial charge in [0.1, 0.15) is 5.76 Å². The Balaban J connectivity index is 4.35. The Hall–Kier alpha value is -1.76. The van der Waals surface area contributed by atoms with Crippen molar-refractivity contribution in [1.29, 1.82) is 0 Å². The summed E-state index contributed by atoms with van der Waals surface area (Å²) in [5, 5.41) is 0. The van der Waals surface area contributed by atoms with E-state index < -0.39 is 0 Å². The predicted molar refractivity (Wildman–Crippen MR) is 67.5 cm³/mol. The first-order chi connectivity index (χ1) is 6.97. The zero-order chi connectivity index (χ0) is 11.8. The van der Waals surface area contributed by atoms with Gasteiger partial charge in [0.15, 0.2) is 0 Å². The van der Waals surface area contributed by atoms with Crippen LogP contribution in [0.25, 0.3) is 0 Å². The van der Waals surface area contributed by atoms with Crippen molar-refractivity contribution in [2.75, 3.05) is 7.11 Å². The van der Waals surface area contributed by atoms with Crippen LogP contribution < -0.4 is 0 Å². The Morgan fingerprint density at radius 3 is 1.73 bits per heavy atom. The normalized spacial score (nSPS) is 10.5. The van der Waals surface area contributed by atoms with Crippen molar-refractivity contribution in [3.63, 3.8) is 0 Å². The summed E-state index contributed by atoms with van der Waals surface area (Å²) < 4.78 is 4.89. The fourth-order valence-electron chi connectivity index (χ4n) is 0.719. The maximum atomic E-state index is 4.89. The van der Waals surface area contributed by atoms with Gasteiger partial charge in [-0.3, -0.25) is 0 Å². The van der Waals surface area contributed by atoms with Crippen LogP contribution in [0.15, 0.2) is 73.1 Å². The van der Waals surface area contributed by atoms with Crippen molar-refractivity contribution < 1.29 is 4.74 Å². The molecule has 1 nitrogen and oxygen atoms in total. The fraction of sp³-hybridized carbons (Fsp3) is 0.143. The van der Waals surface area contributed by atoms with E-state index in [0.717, 1.165) is 16.7 Å². The van der Waals surface area contributed by atoms with E-state index in [2.05, 4.69) is 26.3 Å². The van der Waals surface area contributed by atoms with Crippen LogP contribution in [0.3, 0.4) is 0 Å². The highest BCUT2D eigenvalue weighted by atomic mass is 16.5. The van der Waals surface area contributed by atoms with Crippen LogP contribution in [0.5, 0.6) is 0 Å². The zero-order valence-corrected chi connectivity index (χ0v) is 9.55. The highest BCUT2D eigenvalue weighted by Gasteiger charge is 1.91. The van der Waals surface area contributed by atoms with Gasteiger partial charge in [0, 0.05) is 0 Å². The molecule has 0 fully saturated rings. The Morgan fingerprint density at radius 2 is 1.33 bits per heavy atom. The van der Waals surface area contributed by atoms with Crippen LogP contribution in [-0.4, -0.2) is 7.11 Å². The summed E-state index contributed by atoms with van der Waals surface area (Å²) >= 11 is 0. The van der Waals surface area contributed by atoms with Crippen molar-refractivity contribution in [2.24, 2.45) is 0 Å². The molecule has 15 heavy (non-hydrogen) atoms. The highest BCUT2D eigenvalue weighted by Crippen LogP contribution is 2.10. The van der Waals surface area contributed by atoms with E-state index >= 15 is 0 Å². The topological polar surface area (TPSA) is 9.23 Å². The van der Waals surface area contributed by atoms with Gasteiger partial charge in [-0.25, -0.2) is 0 Å². The van der Waals surface area contributed by atoms with Crippen LogP contribution in [-0.2, 0) is 4.74 Å². The van der Waals surface area contributed by atoms with Gasteiger partial charge in [0.2, 0.25) is 0 Å². The fourth-order valence-corrected chi connectivity index (χ4v) is 0.719. The average molecular weight is 202 g/mol. The molecule has 0 heterocycles. The van der Waals surface area contributed by atoms with Gasteiger partial charge in [-0.2, -0.15) is 0 Å². The van der Waals surface area contributed by atoms with Gasteiger partial charge in [-0.05, 0) is 24.1 Å². The van der Waals surface area contributed by atoms with Crippen molar-refractivity contribution in [1.82, 2.24) is 0 Å². The summed E-state index contributed by atoms with van der Waals surface area (Å²) in [4.78, 5) is 0. The van der Waals surface area contributed by atoms with Crippen LogP contribution in [0.1, 0.15) is 6.92 Å². The number of methoxy groups -OCH3 is 1. The van der Waals surface area contributed by atoms with E-state index in [-0.39, 0.29) is 0 Å². The number of rotatable bonds is 6. The van der Waals surface area contributed by atoms with Crippen LogP contribution in [0.2, 0.25) is 0 Å². The third kappa shape index (κ3) is 6.33. The molecule has 0 saturated heterocycles. The first kappa shape index (κ1) is 13.2. The summed E-state index contributed by atoms with van der Waals surface area (Å²) in [6.45, 7) is 17.1. The molecule has 0 aliphatic heterocycles. The van der Waals surface area contributed by atoms with Crippen LogP contribution in [0, 0.1) is 0 Å². The molecule has 0 amide bonds. The molecule has 0 atom stereocenters. The first-order valence-electron chi connectivity index (χ1n) is 4.60. The molecule has 80 valence electrons. The largest absolute Gasteiger partial charge is 0.497 e. The van der Waals surface area contributed by atoms with E-state index in [9.17, 15) is 0 Å². The lowest BCUT2D eigenvalue weighted by Crippen LogP contribution is -1.81. The average Bonchev–Trinajstić information content (AvgIpc) is 2.21. The van der Waals surface area contributed by atoms with E-state index in [1.807, 2.05) is 25.2 Å². The molecule has 0 bridgehead atoms. The summed E-state index contributed by atoms with van der Waals surface area (Å²) in [5.74, 6) is 0.591. The summed E-state index contributed by atoms with van der Waals surface area (Å²) in [7, 11) is 1.57. The van der Waals surface area contributed by atoms with Gasteiger partial charge in [0.05, 0.1) is 7.11 Å². The van der Waals surface area contributed by atoms with Crippen molar-refractivity contribution >= 4 is 0 Å². The Kier molecular flexibility index (Phi) is 5.88. The molecule has 0 saturated carbocycles. The first-order valence-corrected chi connectivity index (χ1v) is 4.60. The molecule has 0 aromatic carbocycles. The molecule has 0 N–H and O–H groups in total. The number of ether oxygens (including phenoxy) is 1.